The van der Waals surface area contributed by atoms with Gasteiger partial charge in [-0.3, -0.25) is 4.90 Å². The predicted octanol–water partition coefficient (Wildman–Crippen LogP) is 3.09. The lowest BCUT2D eigenvalue weighted by Gasteiger charge is -2.19. The Morgan fingerprint density at radius 1 is 1.21 bits per heavy atom. The molecule has 152 valence electrons. The van der Waals surface area contributed by atoms with Crippen molar-refractivity contribution in [1.29, 1.82) is 0 Å². The first kappa shape index (κ1) is 20.5. The van der Waals surface area contributed by atoms with Crippen LogP contribution in [0.15, 0.2) is 40.0 Å². The second kappa shape index (κ2) is 10.3. The van der Waals surface area contributed by atoms with Crippen molar-refractivity contribution in [2.24, 2.45) is 4.99 Å². The van der Waals surface area contributed by atoms with Gasteiger partial charge in [-0.2, -0.15) is 11.3 Å². The third kappa shape index (κ3) is 5.87. The fourth-order valence-corrected chi connectivity index (χ4v) is 4.04. The first-order chi connectivity index (χ1) is 13.7. The van der Waals surface area contributed by atoms with Crippen LogP contribution in [-0.2, 0) is 13.1 Å². The van der Waals surface area contributed by atoms with Crippen molar-refractivity contribution in [1.82, 2.24) is 15.5 Å². The standard InChI is InChI=1S/C21H30N4O2S/c1-4-22-21(23-12-16-6-8-28-15-16)24-18-5-7-25(14-18)13-17-9-19(26-2)11-20(10-17)27-3/h6,8-11,15,18H,4-5,7,12-14H2,1-3H3,(H2,22,23,24). The van der Waals surface area contributed by atoms with Crippen molar-refractivity contribution in [3.63, 3.8) is 0 Å². The molecule has 2 N–H and O–H groups in total. The number of thiophene rings is 1. The molecule has 2 aromatic rings. The Hall–Kier alpha value is -2.25. The Balaban J connectivity index is 1.56. The average Bonchev–Trinajstić information content (AvgIpc) is 3.38. The van der Waals surface area contributed by atoms with Crippen LogP contribution in [0.1, 0.15) is 24.5 Å². The number of hydrogen-bond acceptors (Lipinski definition) is 5. The van der Waals surface area contributed by atoms with E-state index >= 15 is 0 Å². The molecule has 0 radical (unpaired) electrons. The van der Waals surface area contributed by atoms with Gasteiger partial charge in [0.1, 0.15) is 11.5 Å². The SMILES string of the molecule is CCNC(=NCc1ccsc1)NC1CCN(Cc2cc(OC)cc(OC)c2)C1. The van der Waals surface area contributed by atoms with Crippen LogP contribution >= 0.6 is 11.3 Å². The van der Waals surface area contributed by atoms with E-state index in [2.05, 4.69) is 51.4 Å². The predicted molar refractivity (Wildman–Crippen MR) is 115 cm³/mol. The van der Waals surface area contributed by atoms with Crippen molar-refractivity contribution in [2.45, 2.75) is 32.5 Å². The van der Waals surface area contributed by atoms with Crippen LogP contribution in [0.5, 0.6) is 11.5 Å². The highest BCUT2D eigenvalue weighted by Crippen LogP contribution is 2.24. The number of hydrogen-bond donors (Lipinski definition) is 2. The molecular weight excluding hydrogens is 372 g/mol. The van der Waals surface area contributed by atoms with E-state index in [9.17, 15) is 0 Å². The molecule has 1 aromatic heterocycles. The summed E-state index contributed by atoms with van der Waals surface area (Å²) in [5.74, 6) is 2.56. The molecule has 6 nitrogen and oxygen atoms in total. The van der Waals surface area contributed by atoms with Gasteiger partial charge in [0, 0.05) is 38.3 Å². The molecule has 2 heterocycles. The summed E-state index contributed by atoms with van der Waals surface area (Å²) >= 11 is 1.71. The van der Waals surface area contributed by atoms with Gasteiger partial charge in [0.15, 0.2) is 5.96 Å². The minimum Gasteiger partial charge on any atom is -0.497 e. The number of rotatable bonds is 8. The van der Waals surface area contributed by atoms with E-state index in [1.165, 1.54) is 11.1 Å². The van der Waals surface area contributed by atoms with Crippen LogP contribution < -0.4 is 20.1 Å². The molecular formula is C21H30N4O2S. The van der Waals surface area contributed by atoms with Crippen LogP contribution in [0.4, 0.5) is 0 Å². The maximum absolute atomic E-state index is 5.39. The molecule has 0 amide bonds. The van der Waals surface area contributed by atoms with Crippen LogP contribution in [0.3, 0.4) is 0 Å². The number of ether oxygens (including phenoxy) is 2. The van der Waals surface area contributed by atoms with Gasteiger partial charge in [-0.15, -0.1) is 0 Å². The van der Waals surface area contributed by atoms with E-state index < -0.39 is 0 Å². The van der Waals surface area contributed by atoms with E-state index in [4.69, 9.17) is 14.5 Å². The second-order valence-corrected chi connectivity index (χ2v) is 7.69. The first-order valence-electron chi connectivity index (χ1n) is 9.70. The van der Waals surface area contributed by atoms with Crippen LogP contribution in [0.25, 0.3) is 0 Å². The topological polar surface area (TPSA) is 58.1 Å². The zero-order valence-corrected chi connectivity index (χ0v) is 17.7. The fraction of sp³-hybridized carbons (Fsp3) is 0.476. The third-order valence-electron chi connectivity index (χ3n) is 4.77. The highest BCUT2D eigenvalue weighted by Gasteiger charge is 2.23. The normalized spacial score (nSPS) is 17.5. The molecule has 7 heteroatoms. The molecule has 28 heavy (non-hydrogen) atoms. The second-order valence-electron chi connectivity index (χ2n) is 6.91. The molecule has 1 aromatic carbocycles. The van der Waals surface area contributed by atoms with E-state index in [0.717, 1.165) is 50.1 Å². The summed E-state index contributed by atoms with van der Waals surface area (Å²) in [6, 6.07) is 8.58. The number of benzene rings is 1. The Kier molecular flexibility index (Phi) is 7.56. The van der Waals surface area contributed by atoms with Crippen molar-refractivity contribution >= 4 is 17.3 Å². The molecule has 1 atom stereocenters. The first-order valence-corrected chi connectivity index (χ1v) is 10.6. The number of guanidine groups is 1. The minimum absolute atomic E-state index is 0.396. The Morgan fingerprint density at radius 2 is 2.00 bits per heavy atom. The summed E-state index contributed by atoms with van der Waals surface area (Å²) in [5, 5.41) is 11.2. The van der Waals surface area contributed by atoms with Gasteiger partial charge in [0.2, 0.25) is 0 Å². The largest absolute Gasteiger partial charge is 0.497 e. The maximum atomic E-state index is 5.39. The molecule has 0 bridgehead atoms. The van der Waals surface area contributed by atoms with Crippen molar-refractivity contribution in [2.75, 3.05) is 33.9 Å². The summed E-state index contributed by atoms with van der Waals surface area (Å²) in [5.41, 5.74) is 2.46. The number of aliphatic imine (C=N–C) groups is 1. The molecule has 0 aliphatic carbocycles. The molecule has 1 saturated heterocycles. The highest BCUT2D eigenvalue weighted by atomic mass is 32.1. The van der Waals surface area contributed by atoms with Gasteiger partial charge in [-0.05, 0) is 53.4 Å². The molecule has 1 aliphatic heterocycles. The Labute approximate surface area is 171 Å². The Bertz CT molecular complexity index is 742. The number of likely N-dealkylation sites (tertiary alicyclic amines) is 1. The minimum atomic E-state index is 0.396. The average molecular weight is 403 g/mol. The van der Waals surface area contributed by atoms with Gasteiger partial charge in [0.05, 0.1) is 20.8 Å². The van der Waals surface area contributed by atoms with Gasteiger partial charge >= 0.3 is 0 Å². The third-order valence-corrected chi connectivity index (χ3v) is 5.51. The van der Waals surface area contributed by atoms with E-state index in [-0.39, 0.29) is 0 Å². The van der Waals surface area contributed by atoms with Crippen LogP contribution in [0, 0.1) is 0 Å². The summed E-state index contributed by atoms with van der Waals surface area (Å²) in [6.45, 7) is 6.59. The Morgan fingerprint density at radius 3 is 2.64 bits per heavy atom. The van der Waals surface area contributed by atoms with E-state index in [0.29, 0.717) is 12.6 Å². The number of nitrogens with zero attached hydrogens (tertiary/aromatic N) is 2. The van der Waals surface area contributed by atoms with Gasteiger partial charge < -0.3 is 20.1 Å². The smallest absolute Gasteiger partial charge is 0.191 e. The van der Waals surface area contributed by atoms with E-state index in [1.807, 2.05) is 6.07 Å². The fourth-order valence-electron chi connectivity index (χ4n) is 3.38. The highest BCUT2D eigenvalue weighted by molar-refractivity contribution is 7.07. The van der Waals surface area contributed by atoms with E-state index in [1.54, 1.807) is 25.6 Å². The summed E-state index contributed by atoms with van der Waals surface area (Å²) in [4.78, 5) is 7.18. The molecule has 0 spiro atoms. The quantitative estimate of drug-likeness (QED) is 0.525. The lowest BCUT2D eigenvalue weighted by atomic mass is 10.2. The van der Waals surface area contributed by atoms with Crippen molar-refractivity contribution < 1.29 is 9.47 Å². The lowest BCUT2D eigenvalue weighted by molar-refractivity contribution is 0.321. The summed E-state index contributed by atoms with van der Waals surface area (Å²) < 4.78 is 10.8. The molecule has 1 aliphatic rings. The number of methoxy groups -OCH3 is 2. The lowest BCUT2D eigenvalue weighted by Crippen LogP contribution is -2.44. The summed E-state index contributed by atoms with van der Waals surface area (Å²) in [6.07, 6.45) is 1.10. The van der Waals surface area contributed by atoms with Crippen LogP contribution in [0.2, 0.25) is 0 Å². The molecule has 1 unspecified atom stereocenters. The monoisotopic (exact) mass is 402 g/mol. The molecule has 1 fully saturated rings. The van der Waals surface area contributed by atoms with Gasteiger partial charge in [-0.25, -0.2) is 4.99 Å². The maximum Gasteiger partial charge on any atom is 0.191 e. The zero-order chi connectivity index (χ0) is 19.8. The molecule has 0 saturated carbocycles. The zero-order valence-electron chi connectivity index (χ0n) is 16.9. The number of nitrogens with one attached hydrogen (secondary N) is 2. The van der Waals surface area contributed by atoms with Crippen LogP contribution in [-0.4, -0.2) is 50.8 Å². The van der Waals surface area contributed by atoms with Crippen molar-refractivity contribution in [3.8, 4) is 11.5 Å². The van der Waals surface area contributed by atoms with Crippen molar-refractivity contribution in [3.05, 3.63) is 46.2 Å². The van der Waals surface area contributed by atoms with Gasteiger partial charge in [-0.1, -0.05) is 0 Å². The summed E-state index contributed by atoms with van der Waals surface area (Å²) in [7, 11) is 3.37. The van der Waals surface area contributed by atoms with Gasteiger partial charge in [0.25, 0.3) is 0 Å². The molecule has 3 rings (SSSR count).